The molecule has 0 aliphatic carbocycles. The molecule has 33 heavy (non-hydrogen) atoms. The van der Waals surface area contributed by atoms with E-state index in [1.165, 1.54) is 37.4 Å². The smallest absolute Gasteiger partial charge is 0.339 e. The van der Waals surface area contributed by atoms with Crippen molar-refractivity contribution in [3.8, 4) is 5.75 Å². The second-order valence-electron chi connectivity index (χ2n) is 7.07. The van der Waals surface area contributed by atoms with E-state index in [2.05, 4.69) is 0 Å². The molecule has 2 amide bonds. The fourth-order valence-corrected chi connectivity index (χ4v) is 3.41. The SMILES string of the molecule is COc1ccccc1N1C(=O)[C@@H](OC(=O)c2ccccc2)[C@H](OC(=O)c2ccccc2)C1=O. The Bertz CT molecular complexity index is 1120. The normalized spacial score (nSPS) is 17.5. The molecule has 3 aromatic carbocycles. The van der Waals surface area contributed by atoms with Crippen molar-refractivity contribution in [1.82, 2.24) is 0 Å². The van der Waals surface area contributed by atoms with Crippen molar-refractivity contribution >= 4 is 29.4 Å². The minimum absolute atomic E-state index is 0.147. The molecule has 2 atom stereocenters. The van der Waals surface area contributed by atoms with Gasteiger partial charge in [-0.1, -0.05) is 48.5 Å². The number of benzene rings is 3. The van der Waals surface area contributed by atoms with E-state index in [-0.39, 0.29) is 22.6 Å². The molecule has 3 aromatic rings. The van der Waals surface area contributed by atoms with Gasteiger partial charge >= 0.3 is 11.9 Å². The molecule has 0 spiro atoms. The topological polar surface area (TPSA) is 99.2 Å². The predicted octanol–water partition coefficient (Wildman–Crippen LogP) is 3.02. The van der Waals surface area contributed by atoms with E-state index in [1.54, 1.807) is 54.6 Å². The molecule has 0 unspecified atom stereocenters. The van der Waals surface area contributed by atoms with Crippen LogP contribution in [0.2, 0.25) is 0 Å². The number of esters is 2. The molecule has 8 nitrogen and oxygen atoms in total. The third-order valence-corrected chi connectivity index (χ3v) is 5.02. The summed E-state index contributed by atoms with van der Waals surface area (Å²) in [6.07, 6.45) is -3.33. The quantitative estimate of drug-likeness (QED) is 0.425. The number of hydrogen-bond donors (Lipinski definition) is 0. The lowest BCUT2D eigenvalue weighted by molar-refractivity contribution is -0.130. The van der Waals surface area contributed by atoms with Crippen LogP contribution in [0, 0.1) is 0 Å². The summed E-state index contributed by atoms with van der Waals surface area (Å²) < 4.78 is 16.0. The molecular weight excluding hydrogens is 426 g/mol. The molecule has 1 aliphatic rings. The molecule has 0 bridgehead atoms. The maximum Gasteiger partial charge on any atom is 0.339 e. The Morgan fingerprint density at radius 2 is 1.09 bits per heavy atom. The first-order valence-electron chi connectivity index (χ1n) is 10.0. The summed E-state index contributed by atoms with van der Waals surface area (Å²) in [5.41, 5.74) is 0.511. The molecule has 1 saturated heterocycles. The molecule has 0 aromatic heterocycles. The number of carbonyl (C=O) groups is 4. The summed E-state index contributed by atoms with van der Waals surface area (Å²) in [5, 5.41) is 0. The van der Waals surface area contributed by atoms with E-state index in [4.69, 9.17) is 14.2 Å². The molecule has 4 rings (SSSR count). The summed E-state index contributed by atoms with van der Waals surface area (Å²) in [5.74, 6) is -3.10. The van der Waals surface area contributed by atoms with Crippen LogP contribution in [0.5, 0.6) is 5.75 Å². The molecule has 8 heteroatoms. The summed E-state index contributed by atoms with van der Waals surface area (Å²) in [6, 6.07) is 22.4. The van der Waals surface area contributed by atoms with Crippen LogP contribution in [-0.2, 0) is 19.1 Å². The van der Waals surface area contributed by atoms with Gasteiger partial charge in [-0.05, 0) is 36.4 Å². The number of nitrogens with zero attached hydrogens (tertiary/aromatic N) is 1. The first kappa shape index (κ1) is 21.8. The maximum absolute atomic E-state index is 13.3. The second kappa shape index (κ2) is 9.35. The molecule has 0 saturated carbocycles. The van der Waals surface area contributed by atoms with Crippen LogP contribution in [0.3, 0.4) is 0 Å². The van der Waals surface area contributed by atoms with Crippen LogP contribution in [-0.4, -0.2) is 43.1 Å². The summed E-state index contributed by atoms with van der Waals surface area (Å²) in [6.45, 7) is 0. The number of ether oxygens (including phenoxy) is 3. The first-order chi connectivity index (χ1) is 16.0. The Morgan fingerprint density at radius 3 is 1.55 bits per heavy atom. The van der Waals surface area contributed by atoms with Crippen LogP contribution in [0.25, 0.3) is 0 Å². The molecule has 1 aliphatic heterocycles. The minimum Gasteiger partial charge on any atom is -0.495 e. The Kier molecular flexibility index (Phi) is 6.17. The maximum atomic E-state index is 13.3. The van der Waals surface area contributed by atoms with Gasteiger partial charge in [0, 0.05) is 0 Å². The molecule has 0 radical (unpaired) electrons. The van der Waals surface area contributed by atoms with Crippen molar-refractivity contribution in [2.75, 3.05) is 12.0 Å². The molecule has 166 valence electrons. The zero-order valence-electron chi connectivity index (χ0n) is 17.5. The highest BCUT2D eigenvalue weighted by atomic mass is 16.6. The van der Waals surface area contributed by atoms with E-state index in [0.29, 0.717) is 0 Å². The third kappa shape index (κ3) is 4.31. The Hall–Kier alpha value is -4.46. The number of anilines is 1. The fourth-order valence-electron chi connectivity index (χ4n) is 3.41. The van der Waals surface area contributed by atoms with E-state index < -0.39 is 36.0 Å². The van der Waals surface area contributed by atoms with Crippen molar-refractivity contribution in [2.45, 2.75) is 12.2 Å². The number of imide groups is 1. The number of rotatable bonds is 6. The molecular formula is C25H19NO7. The Labute approximate surface area is 189 Å². The van der Waals surface area contributed by atoms with Gasteiger partial charge in [-0.15, -0.1) is 0 Å². The van der Waals surface area contributed by atoms with Crippen LogP contribution >= 0.6 is 0 Å². The highest BCUT2D eigenvalue weighted by Crippen LogP contribution is 2.34. The fraction of sp³-hybridized carbons (Fsp3) is 0.120. The van der Waals surface area contributed by atoms with Crippen molar-refractivity contribution in [3.63, 3.8) is 0 Å². The molecule has 1 fully saturated rings. The van der Waals surface area contributed by atoms with Gasteiger partial charge in [-0.2, -0.15) is 0 Å². The Balaban J connectivity index is 1.68. The summed E-state index contributed by atoms with van der Waals surface area (Å²) in [7, 11) is 1.39. The van der Waals surface area contributed by atoms with Gasteiger partial charge in [-0.3, -0.25) is 9.59 Å². The average Bonchev–Trinajstić information content (AvgIpc) is 3.08. The Morgan fingerprint density at radius 1 is 0.667 bits per heavy atom. The lowest BCUT2D eigenvalue weighted by Gasteiger charge is -2.17. The highest BCUT2D eigenvalue weighted by Gasteiger charge is 2.54. The van der Waals surface area contributed by atoms with Crippen LogP contribution in [0.4, 0.5) is 5.69 Å². The number of methoxy groups -OCH3 is 1. The van der Waals surface area contributed by atoms with Crippen molar-refractivity contribution < 1.29 is 33.4 Å². The minimum atomic E-state index is -1.66. The van der Waals surface area contributed by atoms with Gasteiger partial charge < -0.3 is 14.2 Å². The van der Waals surface area contributed by atoms with Gasteiger partial charge in [0.25, 0.3) is 11.8 Å². The lowest BCUT2D eigenvalue weighted by atomic mass is 10.2. The molecule has 0 N–H and O–H groups in total. The van der Waals surface area contributed by atoms with Crippen molar-refractivity contribution in [2.24, 2.45) is 0 Å². The lowest BCUT2D eigenvalue weighted by Crippen LogP contribution is -2.37. The largest absolute Gasteiger partial charge is 0.495 e. The van der Waals surface area contributed by atoms with E-state index in [1.807, 2.05) is 0 Å². The first-order valence-corrected chi connectivity index (χ1v) is 10.0. The summed E-state index contributed by atoms with van der Waals surface area (Å²) in [4.78, 5) is 52.6. The van der Waals surface area contributed by atoms with Gasteiger partial charge in [0.15, 0.2) is 0 Å². The van der Waals surface area contributed by atoms with Gasteiger partial charge in [0.2, 0.25) is 12.2 Å². The highest BCUT2D eigenvalue weighted by molar-refractivity contribution is 6.25. The average molecular weight is 445 g/mol. The standard InChI is InChI=1S/C25H19NO7/c1-31-19-15-9-8-14-18(19)26-22(27)20(32-24(29)16-10-4-2-5-11-16)21(23(26)28)33-25(30)17-12-6-3-7-13-17/h2-15,20-21H,1H3/t20-,21-/m0/s1. The predicted molar refractivity (Wildman–Crippen MR) is 117 cm³/mol. The zero-order valence-corrected chi connectivity index (χ0v) is 17.5. The number of para-hydroxylation sites is 2. The summed E-state index contributed by atoms with van der Waals surface area (Å²) >= 11 is 0. The molecule has 1 heterocycles. The number of amides is 2. The van der Waals surface area contributed by atoms with Gasteiger partial charge in [0.05, 0.1) is 23.9 Å². The van der Waals surface area contributed by atoms with E-state index in [0.717, 1.165) is 4.90 Å². The van der Waals surface area contributed by atoms with E-state index >= 15 is 0 Å². The number of hydrogen-bond acceptors (Lipinski definition) is 7. The van der Waals surface area contributed by atoms with Crippen LogP contribution in [0.15, 0.2) is 84.9 Å². The number of carbonyl (C=O) groups excluding carboxylic acids is 4. The zero-order chi connectivity index (χ0) is 23.4. The van der Waals surface area contributed by atoms with Crippen molar-refractivity contribution in [3.05, 3.63) is 96.1 Å². The third-order valence-electron chi connectivity index (χ3n) is 5.02. The monoisotopic (exact) mass is 445 g/mol. The van der Waals surface area contributed by atoms with Crippen LogP contribution in [0.1, 0.15) is 20.7 Å². The van der Waals surface area contributed by atoms with E-state index in [9.17, 15) is 19.2 Å². The van der Waals surface area contributed by atoms with Crippen molar-refractivity contribution in [1.29, 1.82) is 0 Å². The van der Waals surface area contributed by atoms with Gasteiger partial charge in [0.1, 0.15) is 5.75 Å². The van der Waals surface area contributed by atoms with Crippen LogP contribution < -0.4 is 9.64 Å². The van der Waals surface area contributed by atoms with Gasteiger partial charge in [-0.25, -0.2) is 14.5 Å². The second-order valence-corrected chi connectivity index (χ2v) is 7.07.